The van der Waals surface area contributed by atoms with Crippen molar-refractivity contribution in [2.24, 2.45) is 5.73 Å². The van der Waals surface area contributed by atoms with Gasteiger partial charge < -0.3 is 15.8 Å². The number of para-hydroxylation sites is 1. The van der Waals surface area contributed by atoms with Gasteiger partial charge in [-0.2, -0.15) is 0 Å². The summed E-state index contributed by atoms with van der Waals surface area (Å²) in [5.74, 6) is 0.347. The summed E-state index contributed by atoms with van der Waals surface area (Å²) in [6.07, 6.45) is 6.41. The van der Waals surface area contributed by atoms with Gasteiger partial charge in [-0.05, 0) is 42.7 Å². The summed E-state index contributed by atoms with van der Waals surface area (Å²) in [5.41, 5.74) is 13.5. The molecule has 134 valence electrons. The Morgan fingerprint density at radius 3 is 3.04 bits per heavy atom. The molecule has 5 rings (SSSR count). The summed E-state index contributed by atoms with van der Waals surface area (Å²) >= 11 is 0. The highest BCUT2D eigenvalue weighted by Crippen LogP contribution is 2.31. The van der Waals surface area contributed by atoms with Crippen molar-refractivity contribution in [2.45, 2.75) is 24.8 Å². The van der Waals surface area contributed by atoms with E-state index < -0.39 is 0 Å². The highest BCUT2D eigenvalue weighted by atomic mass is 16.5. The van der Waals surface area contributed by atoms with Gasteiger partial charge in [0, 0.05) is 30.3 Å². The van der Waals surface area contributed by atoms with Crippen LogP contribution in [0.5, 0.6) is 0 Å². The molecule has 1 fully saturated rings. The van der Waals surface area contributed by atoms with Gasteiger partial charge in [-0.1, -0.05) is 24.3 Å². The minimum absolute atomic E-state index is 0.209. The van der Waals surface area contributed by atoms with Gasteiger partial charge in [-0.25, -0.2) is 4.98 Å². The smallest absolute Gasteiger partial charge is 0.137 e. The number of benzene rings is 1. The average Bonchev–Trinajstić information content (AvgIpc) is 3.07. The summed E-state index contributed by atoms with van der Waals surface area (Å²) in [5, 5.41) is 3.48. The third-order valence-electron chi connectivity index (χ3n) is 5.71. The lowest BCUT2D eigenvalue weighted by molar-refractivity contribution is 0.161. The summed E-state index contributed by atoms with van der Waals surface area (Å²) in [6, 6.07) is 10.9. The van der Waals surface area contributed by atoms with Crippen molar-refractivity contribution >= 4 is 22.3 Å². The van der Waals surface area contributed by atoms with Gasteiger partial charge in [-0.15, -0.1) is 0 Å². The molecule has 2 atom stereocenters. The minimum atomic E-state index is 0.209. The summed E-state index contributed by atoms with van der Waals surface area (Å²) in [6.45, 7) is 3.42. The Hall–Kier alpha value is -2.21. The lowest BCUT2D eigenvalue weighted by Crippen LogP contribution is -2.43. The second-order valence-corrected chi connectivity index (χ2v) is 7.29. The van der Waals surface area contributed by atoms with E-state index in [0.717, 1.165) is 43.7 Å². The van der Waals surface area contributed by atoms with E-state index in [2.05, 4.69) is 52.3 Å². The Balaban J connectivity index is 1.69. The maximum atomic E-state index is 6.40. The number of ether oxygens (including phenoxy) is 1. The summed E-state index contributed by atoms with van der Waals surface area (Å²) in [7, 11) is 0. The fourth-order valence-electron chi connectivity index (χ4n) is 4.27. The SMILES string of the molecule is NC1CCNCC1c1ccc2nc3cccc(C4=CCOCC4)c3n2c1. The second-order valence-electron chi connectivity index (χ2n) is 7.29. The Labute approximate surface area is 152 Å². The first-order chi connectivity index (χ1) is 12.8. The van der Waals surface area contributed by atoms with Gasteiger partial charge in [0.2, 0.25) is 0 Å². The van der Waals surface area contributed by atoms with Crippen molar-refractivity contribution < 1.29 is 4.74 Å². The molecule has 0 amide bonds. The molecular weight excluding hydrogens is 324 g/mol. The number of hydrogen-bond acceptors (Lipinski definition) is 4. The molecule has 0 radical (unpaired) electrons. The molecule has 3 N–H and O–H groups in total. The van der Waals surface area contributed by atoms with Gasteiger partial charge in [0.15, 0.2) is 0 Å². The third kappa shape index (κ3) is 2.63. The minimum Gasteiger partial charge on any atom is -0.377 e. The highest BCUT2D eigenvalue weighted by Gasteiger charge is 2.24. The molecule has 0 saturated carbocycles. The van der Waals surface area contributed by atoms with Crippen LogP contribution in [-0.4, -0.2) is 41.7 Å². The van der Waals surface area contributed by atoms with Crippen LogP contribution in [0.3, 0.4) is 0 Å². The molecule has 1 saturated heterocycles. The van der Waals surface area contributed by atoms with Gasteiger partial charge in [0.05, 0.1) is 24.2 Å². The molecule has 2 aliphatic rings. The normalized spacial score (nSPS) is 24.1. The molecule has 2 aliphatic heterocycles. The molecule has 3 aromatic rings. The fraction of sp³-hybridized carbons (Fsp3) is 0.381. The molecule has 5 nitrogen and oxygen atoms in total. The van der Waals surface area contributed by atoms with Gasteiger partial charge in [0.1, 0.15) is 5.65 Å². The lowest BCUT2D eigenvalue weighted by atomic mass is 9.88. The van der Waals surface area contributed by atoms with E-state index in [1.165, 1.54) is 22.2 Å². The van der Waals surface area contributed by atoms with Crippen LogP contribution in [0.2, 0.25) is 0 Å². The van der Waals surface area contributed by atoms with Crippen LogP contribution in [0.4, 0.5) is 0 Å². The topological polar surface area (TPSA) is 64.6 Å². The lowest BCUT2D eigenvalue weighted by Gasteiger charge is -2.29. The number of rotatable bonds is 2. The Kier molecular flexibility index (Phi) is 4.00. The van der Waals surface area contributed by atoms with E-state index in [-0.39, 0.29) is 6.04 Å². The van der Waals surface area contributed by atoms with Crippen molar-refractivity contribution in [3.63, 3.8) is 0 Å². The molecule has 1 aromatic carbocycles. The number of nitrogens with one attached hydrogen (secondary N) is 1. The van der Waals surface area contributed by atoms with Crippen LogP contribution in [0, 0.1) is 0 Å². The quantitative estimate of drug-likeness (QED) is 0.747. The molecule has 0 bridgehead atoms. The standard InChI is InChI=1S/C21H24N4O/c22-18-6-9-23-12-17(18)15-4-5-20-24-19-3-1-2-16(21(19)25(20)13-15)14-7-10-26-11-8-14/h1-5,7,13,17-18,23H,6,8-12,22H2. The van der Waals surface area contributed by atoms with E-state index in [4.69, 9.17) is 15.5 Å². The molecule has 2 aromatic heterocycles. The van der Waals surface area contributed by atoms with Crippen LogP contribution in [0.1, 0.15) is 29.9 Å². The maximum absolute atomic E-state index is 6.40. The number of aromatic nitrogens is 2. The predicted octanol–water partition coefficient (Wildman–Crippen LogP) is 2.70. The van der Waals surface area contributed by atoms with Crippen molar-refractivity contribution in [1.29, 1.82) is 0 Å². The first-order valence-corrected chi connectivity index (χ1v) is 9.45. The molecule has 4 heterocycles. The third-order valence-corrected chi connectivity index (χ3v) is 5.71. The zero-order valence-electron chi connectivity index (χ0n) is 14.8. The maximum Gasteiger partial charge on any atom is 0.137 e. The van der Waals surface area contributed by atoms with Gasteiger partial charge >= 0.3 is 0 Å². The predicted molar refractivity (Wildman–Crippen MR) is 104 cm³/mol. The first-order valence-electron chi connectivity index (χ1n) is 9.45. The van der Waals surface area contributed by atoms with E-state index in [9.17, 15) is 0 Å². The monoisotopic (exact) mass is 348 g/mol. The molecule has 0 aliphatic carbocycles. The van der Waals surface area contributed by atoms with Crippen molar-refractivity contribution in [1.82, 2.24) is 14.7 Å². The van der Waals surface area contributed by atoms with Crippen LogP contribution in [-0.2, 0) is 4.74 Å². The second kappa shape index (κ2) is 6.50. The molecule has 0 spiro atoms. The van der Waals surface area contributed by atoms with E-state index in [0.29, 0.717) is 12.5 Å². The summed E-state index contributed by atoms with van der Waals surface area (Å²) in [4.78, 5) is 4.83. The number of nitrogens with zero attached hydrogens (tertiary/aromatic N) is 2. The highest BCUT2D eigenvalue weighted by molar-refractivity contribution is 5.92. The number of imidazole rings is 1. The van der Waals surface area contributed by atoms with E-state index in [1.807, 2.05) is 0 Å². The molecule has 5 heteroatoms. The zero-order chi connectivity index (χ0) is 17.5. The van der Waals surface area contributed by atoms with Crippen LogP contribution in [0.15, 0.2) is 42.6 Å². The van der Waals surface area contributed by atoms with Crippen molar-refractivity contribution in [3.05, 3.63) is 53.7 Å². The molecule has 26 heavy (non-hydrogen) atoms. The number of piperidine rings is 1. The van der Waals surface area contributed by atoms with Gasteiger partial charge in [-0.3, -0.25) is 4.40 Å². The van der Waals surface area contributed by atoms with Crippen LogP contribution >= 0.6 is 0 Å². The molecular formula is C21H24N4O. The first kappa shape index (κ1) is 16.0. The number of fused-ring (bicyclic) bond motifs is 3. The number of hydrogen-bond donors (Lipinski definition) is 2. The van der Waals surface area contributed by atoms with Crippen molar-refractivity contribution in [3.8, 4) is 0 Å². The largest absolute Gasteiger partial charge is 0.377 e. The zero-order valence-corrected chi connectivity index (χ0v) is 14.8. The number of pyridine rings is 1. The fourth-order valence-corrected chi connectivity index (χ4v) is 4.27. The Bertz CT molecular complexity index is 990. The van der Waals surface area contributed by atoms with E-state index in [1.54, 1.807) is 0 Å². The summed E-state index contributed by atoms with van der Waals surface area (Å²) < 4.78 is 7.74. The van der Waals surface area contributed by atoms with Crippen LogP contribution < -0.4 is 11.1 Å². The average molecular weight is 348 g/mol. The molecule has 2 unspecified atom stereocenters. The van der Waals surface area contributed by atoms with Crippen LogP contribution in [0.25, 0.3) is 22.3 Å². The number of nitrogens with two attached hydrogens (primary N) is 1. The Morgan fingerprint density at radius 1 is 1.23 bits per heavy atom. The van der Waals surface area contributed by atoms with Gasteiger partial charge in [0.25, 0.3) is 0 Å². The van der Waals surface area contributed by atoms with E-state index >= 15 is 0 Å². The van der Waals surface area contributed by atoms with Crippen molar-refractivity contribution in [2.75, 3.05) is 26.3 Å². The Morgan fingerprint density at radius 2 is 2.19 bits per heavy atom.